The van der Waals surface area contributed by atoms with E-state index in [0.29, 0.717) is 5.56 Å². The van der Waals surface area contributed by atoms with Gasteiger partial charge in [-0.25, -0.2) is 4.79 Å². The molecule has 20 heavy (non-hydrogen) atoms. The first-order valence-electron chi connectivity index (χ1n) is 5.52. The Balaban J connectivity index is 2.36. The minimum atomic E-state index is -0.573. The van der Waals surface area contributed by atoms with Crippen molar-refractivity contribution in [2.24, 2.45) is 0 Å². The van der Waals surface area contributed by atoms with Crippen LogP contribution in [-0.4, -0.2) is 5.97 Å². The van der Waals surface area contributed by atoms with Crippen LogP contribution in [0.4, 0.5) is 0 Å². The van der Waals surface area contributed by atoms with Crippen molar-refractivity contribution < 1.29 is 9.53 Å². The number of carbonyl (C=O) groups is 1. The number of rotatable bonds is 2. The molecule has 0 spiro atoms. The van der Waals surface area contributed by atoms with Gasteiger partial charge in [0.25, 0.3) is 0 Å². The second-order valence-electron chi connectivity index (χ2n) is 4.06. The fourth-order valence-corrected chi connectivity index (χ4v) is 2.55. The highest BCUT2D eigenvalue weighted by molar-refractivity contribution is 6.50. The van der Waals surface area contributed by atoms with Crippen LogP contribution in [-0.2, 0) is 0 Å². The van der Waals surface area contributed by atoms with Crippen LogP contribution < -0.4 is 4.74 Å². The van der Waals surface area contributed by atoms with E-state index < -0.39 is 5.97 Å². The number of esters is 1. The maximum Gasteiger partial charge on any atom is 0.343 e. The summed E-state index contributed by atoms with van der Waals surface area (Å²) in [6, 6.07) is 8.33. The van der Waals surface area contributed by atoms with Crippen molar-refractivity contribution in [3.05, 3.63) is 61.5 Å². The predicted octanol–water partition coefficient (Wildman–Crippen LogP) is 5.83. The summed E-state index contributed by atoms with van der Waals surface area (Å²) in [7, 11) is 0. The molecule has 0 saturated carbocycles. The van der Waals surface area contributed by atoms with Gasteiger partial charge in [-0.1, -0.05) is 64.1 Å². The number of aryl methyl sites for hydroxylation is 1. The zero-order valence-corrected chi connectivity index (χ0v) is 13.2. The molecule has 2 aromatic carbocycles. The molecule has 0 saturated heterocycles. The van der Waals surface area contributed by atoms with Crippen LogP contribution in [0.3, 0.4) is 0 Å². The number of benzene rings is 2. The van der Waals surface area contributed by atoms with E-state index in [2.05, 4.69) is 0 Å². The molecule has 0 aliphatic heterocycles. The molecule has 0 N–H and O–H groups in total. The zero-order chi connectivity index (χ0) is 14.9. The molecule has 0 amide bonds. The van der Waals surface area contributed by atoms with Crippen molar-refractivity contribution in [2.45, 2.75) is 6.92 Å². The van der Waals surface area contributed by atoms with Gasteiger partial charge in [0, 0.05) is 0 Å². The first-order chi connectivity index (χ1) is 9.40. The second kappa shape index (κ2) is 6.23. The van der Waals surface area contributed by atoms with E-state index >= 15 is 0 Å². The summed E-state index contributed by atoms with van der Waals surface area (Å²) in [5.41, 5.74) is 1.33. The summed E-state index contributed by atoms with van der Waals surface area (Å²) in [5.74, 6) is -0.579. The van der Waals surface area contributed by atoms with Crippen molar-refractivity contribution >= 4 is 52.4 Å². The van der Waals surface area contributed by atoms with E-state index in [-0.39, 0.29) is 25.8 Å². The predicted molar refractivity (Wildman–Crippen MR) is 82.6 cm³/mol. The van der Waals surface area contributed by atoms with Crippen LogP contribution in [0.15, 0.2) is 30.3 Å². The summed E-state index contributed by atoms with van der Waals surface area (Å²) in [4.78, 5) is 12.1. The molecular weight excluding hydrogens is 342 g/mol. The van der Waals surface area contributed by atoms with Gasteiger partial charge in [0.05, 0.1) is 20.6 Å². The maximum absolute atomic E-state index is 12.1. The molecule has 0 heterocycles. The molecule has 2 nitrogen and oxygen atoms in total. The van der Waals surface area contributed by atoms with Crippen LogP contribution in [0.5, 0.6) is 5.75 Å². The van der Waals surface area contributed by atoms with E-state index in [0.717, 1.165) is 5.56 Å². The van der Waals surface area contributed by atoms with E-state index in [1.807, 2.05) is 13.0 Å². The molecule has 2 aromatic rings. The monoisotopic (exact) mass is 348 g/mol. The van der Waals surface area contributed by atoms with Crippen molar-refractivity contribution in [3.8, 4) is 5.75 Å². The minimum absolute atomic E-state index is 0.00479. The van der Waals surface area contributed by atoms with Crippen molar-refractivity contribution in [2.75, 3.05) is 0 Å². The zero-order valence-electron chi connectivity index (χ0n) is 10.2. The Bertz CT molecular complexity index is 683. The number of hydrogen-bond donors (Lipinski definition) is 0. The van der Waals surface area contributed by atoms with Gasteiger partial charge < -0.3 is 4.74 Å². The van der Waals surface area contributed by atoms with E-state index in [1.165, 1.54) is 6.07 Å². The van der Waals surface area contributed by atoms with Crippen molar-refractivity contribution in [1.29, 1.82) is 0 Å². The highest BCUT2D eigenvalue weighted by atomic mass is 35.5. The highest BCUT2D eigenvalue weighted by Gasteiger charge is 2.19. The van der Waals surface area contributed by atoms with E-state index in [4.69, 9.17) is 51.1 Å². The van der Waals surface area contributed by atoms with Gasteiger partial charge in [0.1, 0.15) is 5.02 Å². The average Bonchev–Trinajstić information content (AvgIpc) is 2.41. The molecule has 0 fully saturated rings. The number of hydrogen-bond acceptors (Lipinski definition) is 2. The molecule has 104 valence electrons. The smallest absolute Gasteiger partial charge is 0.343 e. The Kier molecular flexibility index (Phi) is 4.82. The van der Waals surface area contributed by atoms with Gasteiger partial charge in [0.2, 0.25) is 0 Å². The number of halogens is 4. The first-order valence-corrected chi connectivity index (χ1v) is 7.03. The molecule has 0 bridgehead atoms. The van der Waals surface area contributed by atoms with Crippen molar-refractivity contribution in [3.63, 3.8) is 0 Å². The van der Waals surface area contributed by atoms with Gasteiger partial charge in [-0.2, -0.15) is 0 Å². The molecule has 2 rings (SSSR count). The van der Waals surface area contributed by atoms with Crippen LogP contribution in [0.2, 0.25) is 20.1 Å². The van der Waals surface area contributed by atoms with E-state index in [9.17, 15) is 4.79 Å². The van der Waals surface area contributed by atoms with E-state index in [1.54, 1.807) is 18.2 Å². The molecule has 0 aromatic heterocycles. The molecule has 0 aliphatic rings. The summed E-state index contributed by atoms with van der Waals surface area (Å²) < 4.78 is 5.21. The Morgan fingerprint density at radius 1 is 1.00 bits per heavy atom. The second-order valence-corrected chi connectivity index (χ2v) is 5.63. The minimum Gasteiger partial charge on any atom is -0.420 e. The average molecular weight is 350 g/mol. The van der Waals surface area contributed by atoms with Gasteiger partial charge in [-0.15, -0.1) is 0 Å². The lowest BCUT2D eigenvalue weighted by Gasteiger charge is -2.10. The highest BCUT2D eigenvalue weighted by Crippen LogP contribution is 2.42. The Morgan fingerprint density at radius 3 is 2.35 bits per heavy atom. The molecule has 0 unspecified atom stereocenters. The van der Waals surface area contributed by atoms with Gasteiger partial charge >= 0.3 is 5.97 Å². The lowest BCUT2D eigenvalue weighted by Crippen LogP contribution is -2.09. The largest absolute Gasteiger partial charge is 0.420 e. The lowest BCUT2D eigenvalue weighted by molar-refractivity contribution is 0.0735. The summed E-state index contributed by atoms with van der Waals surface area (Å²) in [5, 5.41) is 0.400. The summed E-state index contributed by atoms with van der Waals surface area (Å²) in [6.07, 6.45) is 0. The molecule has 0 aliphatic carbocycles. The van der Waals surface area contributed by atoms with Gasteiger partial charge in [-0.3, -0.25) is 0 Å². The topological polar surface area (TPSA) is 26.3 Å². The molecule has 0 atom stereocenters. The number of carbonyl (C=O) groups excluding carboxylic acids is 1. The first kappa shape index (κ1) is 15.5. The van der Waals surface area contributed by atoms with Gasteiger partial charge in [0.15, 0.2) is 5.75 Å². The third kappa shape index (κ3) is 3.21. The molecule has 0 radical (unpaired) electrons. The number of ether oxygens (including phenoxy) is 1. The van der Waals surface area contributed by atoms with Crippen molar-refractivity contribution in [1.82, 2.24) is 0 Å². The Labute approximate surface area is 136 Å². The molecular formula is C14H8Cl4O2. The fraction of sp³-hybridized carbons (Fsp3) is 0.0714. The maximum atomic E-state index is 12.1. The Hall–Kier alpha value is -0.930. The quantitative estimate of drug-likeness (QED) is 0.295. The van der Waals surface area contributed by atoms with Gasteiger partial charge in [-0.05, 0) is 25.1 Å². The summed E-state index contributed by atoms with van der Waals surface area (Å²) in [6.45, 7) is 1.87. The lowest BCUT2D eigenvalue weighted by atomic mass is 10.1. The SMILES string of the molecule is Cc1cccc(C(=O)Oc2c(Cl)cc(Cl)c(Cl)c2Cl)c1. The third-order valence-electron chi connectivity index (χ3n) is 2.52. The standard InChI is InChI=1S/C14H8Cl4O2/c1-7-3-2-4-8(5-7)14(19)20-13-10(16)6-9(15)11(17)12(13)18/h2-6H,1H3. The Morgan fingerprint density at radius 2 is 1.70 bits per heavy atom. The molecule has 6 heteroatoms. The summed E-state index contributed by atoms with van der Waals surface area (Å²) >= 11 is 23.7. The van der Waals surface area contributed by atoms with Crippen LogP contribution in [0.25, 0.3) is 0 Å². The van der Waals surface area contributed by atoms with Crippen LogP contribution in [0, 0.1) is 6.92 Å². The third-order valence-corrected chi connectivity index (χ3v) is 4.05. The van der Waals surface area contributed by atoms with Crippen LogP contribution >= 0.6 is 46.4 Å². The van der Waals surface area contributed by atoms with Crippen LogP contribution in [0.1, 0.15) is 15.9 Å². The normalized spacial score (nSPS) is 10.4. The fourth-order valence-electron chi connectivity index (χ4n) is 1.57.